The first-order valence-electron chi connectivity index (χ1n) is 7.34. The number of nitrogens with one attached hydrogen (secondary N) is 1. The molecule has 0 bridgehead atoms. The third-order valence-corrected chi connectivity index (χ3v) is 4.08. The fourth-order valence-electron chi connectivity index (χ4n) is 2.83. The van der Waals surface area contributed by atoms with Gasteiger partial charge >= 0.3 is 6.09 Å². The van der Waals surface area contributed by atoms with Crippen LogP contribution in [0.25, 0.3) is 0 Å². The minimum absolute atomic E-state index is 0.0984. The lowest BCUT2D eigenvalue weighted by atomic mass is 9.62. The Morgan fingerprint density at radius 1 is 1.39 bits per heavy atom. The first-order valence-corrected chi connectivity index (χ1v) is 7.72. The van der Waals surface area contributed by atoms with Gasteiger partial charge in [0.2, 0.25) is 5.92 Å². The zero-order valence-electron chi connectivity index (χ0n) is 13.4. The summed E-state index contributed by atoms with van der Waals surface area (Å²) >= 11 is 6.22. The number of carbonyl (C=O) groups excluding carboxylic acids is 1. The second-order valence-corrected chi connectivity index (χ2v) is 7.42. The normalized spacial score (nSPS) is 18.9. The molecule has 0 aromatic heterocycles. The number of hydrogen-bond donors (Lipinski definition) is 2. The average Bonchev–Trinajstić information content (AvgIpc) is 2.33. The molecule has 1 fully saturated rings. The minimum atomic E-state index is -2.70. The van der Waals surface area contributed by atoms with Crippen molar-refractivity contribution in [1.29, 1.82) is 0 Å². The van der Waals surface area contributed by atoms with E-state index < -0.39 is 23.0 Å². The number of anilines is 1. The van der Waals surface area contributed by atoms with Crippen molar-refractivity contribution < 1.29 is 18.3 Å². The predicted octanol–water partition coefficient (Wildman–Crippen LogP) is 4.31. The predicted molar refractivity (Wildman–Crippen MR) is 86.2 cm³/mol. The molecular formula is C16H21ClF2N2O2. The Kier molecular flexibility index (Phi) is 4.61. The second-order valence-electron chi connectivity index (χ2n) is 7.02. The zero-order chi connectivity index (χ0) is 17.5. The van der Waals surface area contributed by atoms with Crippen LogP contribution in [-0.4, -0.2) is 24.2 Å². The summed E-state index contributed by atoms with van der Waals surface area (Å²) in [5, 5.41) is 2.87. The van der Waals surface area contributed by atoms with E-state index in [9.17, 15) is 13.6 Å². The SMILES string of the molecule is CC(C)(C)OC(=O)Nc1ccc(C2(CN)CC(F)(F)C2)c(Cl)c1. The quantitative estimate of drug-likeness (QED) is 0.857. The Hall–Kier alpha value is -1.40. The molecule has 2 rings (SSSR count). The summed E-state index contributed by atoms with van der Waals surface area (Å²) in [4.78, 5) is 11.7. The van der Waals surface area contributed by atoms with E-state index in [2.05, 4.69) is 5.32 Å². The summed E-state index contributed by atoms with van der Waals surface area (Å²) < 4.78 is 31.7. The van der Waals surface area contributed by atoms with Gasteiger partial charge in [-0.3, -0.25) is 5.32 Å². The Bertz CT molecular complexity index is 607. The van der Waals surface area contributed by atoms with Crippen molar-refractivity contribution in [3.63, 3.8) is 0 Å². The molecule has 7 heteroatoms. The van der Waals surface area contributed by atoms with E-state index in [1.54, 1.807) is 32.9 Å². The van der Waals surface area contributed by atoms with Crippen LogP contribution in [0, 0.1) is 0 Å². The third kappa shape index (κ3) is 4.12. The van der Waals surface area contributed by atoms with Gasteiger partial charge in [0.1, 0.15) is 5.60 Å². The molecule has 23 heavy (non-hydrogen) atoms. The molecule has 0 radical (unpaired) electrons. The molecule has 1 aliphatic carbocycles. The van der Waals surface area contributed by atoms with E-state index in [0.717, 1.165) is 0 Å². The number of rotatable bonds is 3. The van der Waals surface area contributed by atoms with Gasteiger partial charge < -0.3 is 10.5 Å². The van der Waals surface area contributed by atoms with Crippen LogP contribution in [0.4, 0.5) is 19.3 Å². The third-order valence-electron chi connectivity index (χ3n) is 3.77. The van der Waals surface area contributed by atoms with Crippen LogP contribution < -0.4 is 11.1 Å². The maximum absolute atomic E-state index is 13.3. The summed E-state index contributed by atoms with van der Waals surface area (Å²) in [7, 11) is 0. The molecule has 0 aliphatic heterocycles. The van der Waals surface area contributed by atoms with Crippen molar-refractivity contribution >= 4 is 23.4 Å². The van der Waals surface area contributed by atoms with Crippen LogP contribution in [-0.2, 0) is 10.2 Å². The monoisotopic (exact) mass is 346 g/mol. The molecule has 1 aromatic carbocycles. The molecule has 4 nitrogen and oxygen atoms in total. The van der Waals surface area contributed by atoms with Gasteiger partial charge in [-0.1, -0.05) is 17.7 Å². The van der Waals surface area contributed by atoms with Gasteiger partial charge in [0.15, 0.2) is 0 Å². The molecule has 1 aromatic rings. The summed E-state index contributed by atoms with van der Waals surface area (Å²) in [6.07, 6.45) is -1.23. The van der Waals surface area contributed by atoms with Gasteiger partial charge in [0.25, 0.3) is 0 Å². The maximum Gasteiger partial charge on any atom is 0.412 e. The number of nitrogens with two attached hydrogens (primary N) is 1. The number of hydrogen-bond acceptors (Lipinski definition) is 3. The average molecular weight is 347 g/mol. The zero-order valence-corrected chi connectivity index (χ0v) is 14.1. The molecule has 1 amide bonds. The van der Waals surface area contributed by atoms with Crippen LogP contribution in [0.3, 0.4) is 0 Å². The lowest BCUT2D eigenvalue weighted by Crippen LogP contribution is -2.53. The van der Waals surface area contributed by atoms with E-state index in [1.807, 2.05) is 0 Å². The fourth-order valence-corrected chi connectivity index (χ4v) is 3.21. The Morgan fingerprint density at radius 3 is 2.43 bits per heavy atom. The van der Waals surface area contributed by atoms with Gasteiger partial charge in [-0.2, -0.15) is 0 Å². The van der Waals surface area contributed by atoms with Crippen molar-refractivity contribution in [3.8, 4) is 0 Å². The maximum atomic E-state index is 13.3. The molecule has 0 unspecified atom stereocenters. The second kappa shape index (κ2) is 5.91. The highest BCUT2D eigenvalue weighted by Gasteiger charge is 2.57. The first-order chi connectivity index (χ1) is 10.5. The van der Waals surface area contributed by atoms with Crippen LogP contribution in [0.5, 0.6) is 0 Å². The lowest BCUT2D eigenvalue weighted by molar-refractivity contribution is -0.123. The van der Waals surface area contributed by atoms with Crippen LogP contribution in [0.15, 0.2) is 18.2 Å². The highest BCUT2D eigenvalue weighted by Crippen LogP contribution is 2.54. The van der Waals surface area contributed by atoms with E-state index in [-0.39, 0.29) is 19.4 Å². The van der Waals surface area contributed by atoms with Gasteiger partial charge in [-0.05, 0) is 38.5 Å². The van der Waals surface area contributed by atoms with Crippen LogP contribution in [0.2, 0.25) is 5.02 Å². The van der Waals surface area contributed by atoms with Crippen molar-refractivity contribution in [3.05, 3.63) is 28.8 Å². The number of ether oxygens (including phenoxy) is 1. The highest BCUT2D eigenvalue weighted by molar-refractivity contribution is 6.31. The number of halogens is 3. The summed E-state index contributed by atoms with van der Waals surface area (Å²) in [5.41, 5.74) is 5.30. The van der Waals surface area contributed by atoms with Crippen molar-refractivity contribution in [2.24, 2.45) is 5.73 Å². The highest BCUT2D eigenvalue weighted by atomic mass is 35.5. The number of amides is 1. The largest absolute Gasteiger partial charge is 0.444 e. The van der Waals surface area contributed by atoms with E-state index in [4.69, 9.17) is 22.1 Å². The van der Waals surface area contributed by atoms with Gasteiger partial charge in [-0.15, -0.1) is 0 Å². The Labute approximate surface area is 139 Å². The van der Waals surface area contributed by atoms with E-state index in [0.29, 0.717) is 16.3 Å². The van der Waals surface area contributed by atoms with Gasteiger partial charge in [0.05, 0.1) is 0 Å². The van der Waals surface area contributed by atoms with Crippen molar-refractivity contribution in [2.45, 2.75) is 50.6 Å². The summed E-state index contributed by atoms with van der Waals surface area (Å²) in [6.45, 7) is 5.36. The Morgan fingerprint density at radius 2 is 2.00 bits per heavy atom. The molecule has 1 saturated carbocycles. The molecule has 0 atom stereocenters. The number of benzene rings is 1. The molecule has 0 heterocycles. The molecule has 3 N–H and O–H groups in total. The number of alkyl halides is 2. The summed E-state index contributed by atoms with van der Waals surface area (Å²) in [6, 6.07) is 4.77. The van der Waals surface area contributed by atoms with Crippen LogP contribution in [0.1, 0.15) is 39.2 Å². The molecular weight excluding hydrogens is 326 g/mol. The van der Waals surface area contributed by atoms with Crippen molar-refractivity contribution in [2.75, 3.05) is 11.9 Å². The first kappa shape index (κ1) is 17.9. The smallest absolute Gasteiger partial charge is 0.412 e. The fraction of sp³-hybridized carbons (Fsp3) is 0.562. The minimum Gasteiger partial charge on any atom is -0.444 e. The Balaban J connectivity index is 2.14. The van der Waals surface area contributed by atoms with Crippen LogP contribution >= 0.6 is 11.6 Å². The lowest BCUT2D eigenvalue weighted by Gasteiger charge is -2.47. The standard InChI is InChI=1S/C16H21ClF2N2O2/c1-14(2,3)23-13(22)21-10-4-5-11(12(17)6-10)15(9-20)7-16(18,19)8-15/h4-6H,7-9,20H2,1-3H3,(H,21,22). The van der Waals surface area contributed by atoms with Gasteiger partial charge in [0, 0.05) is 35.5 Å². The summed E-state index contributed by atoms with van der Waals surface area (Å²) in [5.74, 6) is -2.70. The van der Waals surface area contributed by atoms with Crippen molar-refractivity contribution in [1.82, 2.24) is 0 Å². The van der Waals surface area contributed by atoms with Gasteiger partial charge in [-0.25, -0.2) is 13.6 Å². The molecule has 128 valence electrons. The molecule has 1 aliphatic rings. The molecule has 0 spiro atoms. The molecule has 0 saturated heterocycles. The van der Waals surface area contributed by atoms with E-state index >= 15 is 0 Å². The topological polar surface area (TPSA) is 64.3 Å². The number of carbonyl (C=O) groups is 1. The van der Waals surface area contributed by atoms with E-state index in [1.165, 1.54) is 6.07 Å².